The Morgan fingerprint density at radius 3 is 2.72 bits per heavy atom. The lowest BCUT2D eigenvalue weighted by Gasteiger charge is -2.28. The molecule has 0 aliphatic carbocycles. The van der Waals surface area contributed by atoms with Gasteiger partial charge in [0.2, 0.25) is 5.91 Å². The number of ketones is 1. The highest BCUT2D eigenvalue weighted by Crippen LogP contribution is 2.28. The van der Waals surface area contributed by atoms with Crippen molar-refractivity contribution in [2.75, 3.05) is 23.4 Å². The van der Waals surface area contributed by atoms with E-state index in [-0.39, 0.29) is 23.9 Å². The number of rotatable bonds is 4. The minimum Gasteiger partial charge on any atom is -0.451 e. The number of Topliss-reactive ketones (excluding diaryl/α,β-unsaturated/α-hetero) is 1. The summed E-state index contributed by atoms with van der Waals surface area (Å²) in [7, 11) is 0. The summed E-state index contributed by atoms with van der Waals surface area (Å²) in [5.41, 5.74) is 1.49. The first kappa shape index (κ1) is 16.4. The van der Waals surface area contributed by atoms with Crippen molar-refractivity contribution < 1.29 is 23.9 Å². The number of hydrogen-bond acceptors (Lipinski definition) is 5. The second-order valence-corrected chi connectivity index (χ2v) is 5.48. The summed E-state index contributed by atoms with van der Waals surface area (Å²) in [5.74, 6) is -1.79. The van der Waals surface area contributed by atoms with Crippen molar-refractivity contribution in [3.8, 4) is 0 Å². The average Bonchev–Trinajstić information content (AvgIpc) is 3.09. The van der Waals surface area contributed by atoms with Gasteiger partial charge in [-0.05, 0) is 25.1 Å². The van der Waals surface area contributed by atoms with Gasteiger partial charge in [0.25, 0.3) is 5.91 Å². The van der Waals surface area contributed by atoms with Gasteiger partial charge in [0.1, 0.15) is 12.2 Å². The Hall–Kier alpha value is -3.42. The number of carbonyl (C=O) groups excluding carboxylic acids is 4. The molecule has 2 aromatic rings. The van der Waals surface area contributed by atoms with Gasteiger partial charge in [-0.2, -0.15) is 0 Å². The Balaban J connectivity index is 1.67. The Morgan fingerprint density at radius 2 is 2.00 bits per heavy atom. The third-order valence-corrected chi connectivity index (χ3v) is 3.71. The van der Waals surface area contributed by atoms with E-state index < -0.39 is 18.5 Å². The van der Waals surface area contributed by atoms with Gasteiger partial charge in [-0.25, -0.2) is 4.79 Å². The molecule has 1 aliphatic heterocycles. The molecule has 8 heteroatoms. The van der Waals surface area contributed by atoms with Crippen LogP contribution in [0.4, 0.5) is 11.4 Å². The third-order valence-electron chi connectivity index (χ3n) is 3.71. The number of amides is 2. The summed E-state index contributed by atoms with van der Waals surface area (Å²) in [6.07, 6.45) is 1.39. The maximum Gasteiger partial charge on any atom is 0.355 e. The molecule has 3 rings (SSSR count). The maximum atomic E-state index is 12.4. The Labute approximate surface area is 142 Å². The number of hydrogen-bond donors (Lipinski definition) is 2. The van der Waals surface area contributed by atoms with E-state index in [1.54, 1.807) is 24.3 Å². The fourth-order valence-corrected chi connectivity index (χ4v) is 2.45. The molecular formula is C17H15N3O5. The first-order valence-electron chi connectivity index (χ1n) is 7.51. The Kier molecular flexibility index (Phi) is 4.34. The molecule has 1 aromatic carbocycles. The Morgan fingerprint density at radius 1 is 1.24 bits per heavy atom. The first-order valence-corrected chi connectivity index (χ1v) is 7.51. The fourth-order valence-electron chi connectivity index (χ4n) is 2.45. The zero-order valence-corrected chi connectivity index (χ0v) is 13.4. The van der Waals surface area contributed by atoms with Gasteiger partial charge in [0.05, 0.1) is 11.4 Å². The summed E-state index contributed by atoms with van der Waals surface area (Å²) >= 11 is 0. The van der Waals surface area contributed by atoms with Gasteiger partial charge in [-0.15, -0.1) is 0 Å². The molecule has 2 heterocycles. The number of para-hydroxylation sites is 2. The standard InChI is InChI=1S/C17H15N3O5/c1-10(21)11-6-13(18-7-11)17(24)25-9-16(23)20-8-15(22)19-12-4-2-3-5-14(12)20/h2-7,18H,8-9H2,1H3,(H,19,22). The second kappa shape index (κ2) is 6.60. The van der Waals surface area contributed by atoms with Crippen molar-refractivity contribution in [1.29, 1.82) is 0 Å². The summed E-state index contributed by atoms with van der Waals surface area (Å²) in [6, 6.07) is 8.22. The minimum absolute atomic E-state index is 0.0785. The van der Waals surface area contributed by atoms with Crippen LogP contribution in [0, 0.1) is 0 Å². The van der Waals surface area contributed by atoms with Crippen LogP contribution in [0.25, 0.3) is 0 Å². The number of nitrogens with one attached hydrogen (secondary N) is 2. The summed E-state index contributed by atoms with van der Waals surface area (Å²) in [4.78, 5) is 51.2. The van der Waals surface area contributed by atoms with Crippen molar-refractivity contribution >= 4 is 34.9 Å². The normalized spacial score (nSPS) is 13.0. The molecule has 25 heavy (non-hydrogen) atoms. The van der Waals surface area contributed by atoms with Crippen LogP contribution in [0.2, 0.25) is 0 Å². The number of ether oxygens (including phenoxy) is 1. The summed E-state index contributed by atoms with van der Waals surface area (Å²) < 4.78 is 4.98. The largest absolute Gasteiger partial charge is 0.451 e. The third kappa shape index (κ3) is 3.42. The van der Waals surface area contributed by atoms with Gasteiger partial charge in [-0.3, -0.25) is 19.3 Å². The fraction of sp³-hybridized carbons (Fsp3) is 0.176. The van der Waals surface area contributed by atoms with E-state index in [9.17, 15) is 19.2 Å². The number of benzene rings is 1. The Bertz CT molecular complexity index is 871. The topological polar surface area (TPSA) is 109 Å². The lowest BCUT2D eigenvalue weighted by Crippen LogP contribution is -2.44. The number of aromatic nitrogens is 1. The van der Waals surface area contributed by atoms with Crippen LogP contribution < -0.4 is 10.2 Å². The van der Waals surface area contributed by atoms with Crippen molar-refractivity contribution in [1.82, 2.24) is 4.98 Å². The summed E-state index contributed by atoms with van der Waals surface area (Å²) in [6.45, 7) is 0.708. The summed E-state index contributed by atoms with van der Waals surface area (Å²) in [5, 5.41) is 2.67. The van der Waals surface area contributed by atoms with Crippen LogP contribution in [0.5, 0.6) is 0 Å². The monoisotopic (exact) mass is 341 g/mol. The van der Waals surface area contributed by atoms with Crippen LogP contribution in [0.15, 0.2) is 36.5 Å². The van der Waals surface area contributed by atoms with Gasteiger partial charge < -0.3 is 15.0 Å². The number of H-pyrrole nitrogens is 1. The van der Waals surface area contributed by atoms with Gasteiger partial charge in [-0.1, -0.05) is 12.1 Å². The molecule has 0 atom stereocenters. The molecule has 0 bridgehead atoms. The lowest BCUT2D eigenvalue weighted by atomic mass is 10.2. The lowest BCUT2D eigenvalue weighted by molar-refractivity contribution is -0.124. The minimum atomic E-state index is -0.754. The van der Waals surface area contributed by atoms with E-state index >= 15 is 0 Å². The van der Waals surface area contributed by atoms with Crippen molar-refractivity contribution in [3.05, 3.63) is 47.8 Å². The van der Waals surface area contributed by atoms with Crippen molar-refractivity contribution in [2.45, 2.75) is 6.92 Å². The van der Waals surface area contributed by atoms with Crippen molar-refractivity contribution in [3.63, 3.8) is 0 Å². The molecule has 8 nitrogen and oxygen atoms in total. The van der Waals surface area contributed by atoms with Crippen LogP contribution >= 0.6 is 0 Å². The molecule has 0 saturated carbocycles. The molecule has 1 aromatic heterocycles. The molecular weight excluding hydrogens is 326 g/mol. The van der Waals surface area contributed by atoms with Crippen molar-refractivity contribution in [2.24, 2.45) is 0 Å². The smallest absolute Gasteiger partial charge is 0.355 e. The zero-order valence-electron chi connectivity index (χ0n) is 13.4. The maximum absolute atomic E-state index is 12.4. The zero-order chi connectivity index (χ0) is 18.0. The number of nitrogens with zero attached hydrogens (tertiary/aromatic N) is 1. The number of anilines is 2. The van der Waals surface area contributed by atoms with Crippen LogP contribution in [0.1, 0.15) is 27.8 Å². The molecule has 0 radical (unpaired) electrons. The molecule has 2 amide bonds. The molecule has 1 aliphatic rings. The number of aromatic amines is 1. The highest BCUT2D eigenvalue weighted by molar-refractivity contribution is 6.10. The average molecular weight is 341 g/mol. The molecule has 128 valence electrons. The molecule has 0 fully saturated rings. The number of fused-ring (bicyclic) bond motifs is 1. The predicted molar refractivity (Wildman–Crippen MR) is 88.5 cm³/mol. The molecule has 0 spiro atoms. The SMILES string of the molecule is CC(=O)c1c[nH]c(C(=O)OCC(=O)N2CC(=O)Nc3ccccc32)c1. The molecule has 0 unspecified atom stereocenters. The first-order chi connectivity index (χ1) is 12.0. The highest BCUT2D eigenvalue weighted by Gasteiger charge is 2.27. The number of carbonyl (C=O) groups is 4. The van der Waals surface area contributed by atoms with E-state index in [4.69, 9.17) is 4.74 Å². The van der Waals surface area contributed by atoms with Gasteiger partial charge in [0.15, 0.2) is 12.4 Å². The molecule has 0 saturated heterocycles. The van der Waals surface area contributed by atoms with E-state index in [0.717, 1.165) is 0 Å². The van der Waals surface area contributed by atoms with Gasteiger partial charge >= 0.3 is 5.97 Å². The quantitative estimate of drug-likeness (QED) is 0.645. The van der Waals surface area contributed by atoms with Crippen LogP contribution in [-0.2, 0) is 14.3 Å². The molecule has 2 N–H and O–H groups in total. The van der Waals surface area contributed by atoms with E-state index in [2.05, 4.69) is 10.3 Å². The second-order valence-electron chi connectivity index (χ2n) is 5.48. The van der Waals surface area contributed by atoms with E-state index in [1.807, 2.05) is 0 Å². The van der Waals surface area contributed by atoms with E-state index in [0.29, 0.717) is 16.9 Å². The van der Waals surface area contributed by atoms with Gasteiger partial charge in [0, 0.05) is 11.8 Å². The van der Waals surface area contributed by atoms with E-state index in [1.165, 1.54) is 24.1 Å². The van der Waals surface area contributed by atoms with Crippen LogP contribution in [-0.4, -0.2) is 41.7 Å². The number of esters is 1. The van der Waals surface area contributed by atoms with Crippen LogP contribution in [0.3, 0.4) is 0 Å². The predicted octanol–water partition coefficient (Wildman–Crippen LogP) is 1.36. The highest BCUT2D eigenvalue weighted by atomic mass is 16.5.